The molecule has 1 unspecified atom stereocenters. The summed E-state index contributed by atoms with van der Waals surface area (Å²) in [5, 5.41) is 0. The van der Waals surface area contributed by atoms with Gasteiger partial charge in [-0.15, -0.1) is 24.0 Å². The van der Waals surface area contributed by atoms with E-state index in [1.165, 1.54) is 25.7 Å². The number of aliphatic imine (C=N–C) groups is 1. The molecule has 0 radical (unpaired) electrons. The van der Waals surface area contributed by atoms with Crippen LogP contribution in [0.2, 0.25) is 0 Å². The van der Waals surface area contributed by atoms with Gasteiger partial charge in [-0.25, -0.2) is 0 Å². The van der Waals surface area contributed by atoms with Gasteiger partial charge >= 0.3 is 0 Å². The van der Waals surface area contributed by atoms with Gasteiger partial charge in [0.05, 0.1) is 6.10 Å². The fourth-order valence-corrected chi connectivity index (χ4v) is 2.32. The molecular weight excluding hydrogens is 317 g/mol. The summed E-state index contributed by atoms with van der Waals surface area (Å²) in [4.78, 5) is 4.01. The number of hydrogen-bond donors (Lipinski definition) is 2. The Balaban J connectivity index is 0.00000225. The van der Waals surface area contributed by atoms with Crippen LogP contribution in [0.3, 0.4) is 0 Å². The maximum absolute atomic E-state index is 5.76. The molecule has 0 aromatic rings. The maximum Gasteiger partial charge on any atom is 0.185 e. The molecule has 0 spiro atoms. The highest BCUT2D eigenvalue weighted by Crippen LogP contribution is 2.30. The lowest BCUT2D eigenvalue weighted by atomic mass is 9.98. The third-order valence-electron chi connectivity index (χ3n) is 3.01. The van der Waals surface area contributed by atoms with Gasteiger partial charge in [0.1, 0.15) is 0 Å². The van der Waals surface area contributed by atoms with Gasteiger partial charge in [0, 0.05) is 13.2 Å². The molecular formula is C11H24IN3O. The molecule has 0 bridgehead atoms. The summed E-state index contributed by atoms with van der Waals surface area (Å²) in [6.07, 6.45) is 6.57. The highest BCUT2D eigenvalue weighted by Gasteiger charge is 2.24. The third-order valence-corrected chi connectivity index (χ3v) is 3.01. The first-order valence-corrected chi connectivity index (χ1v) is 5.91. The number of ether oxygens (including phenoxy) is 1. The fourth-order valence-electron chi connectivity index (χ4n) is 2.32. The van der Waals surface area contributed by atoms with E-state index in [9.17, 15) is 0 Å². The smallest absolute Gasteiger partial charge is 0.185 e. The average molecular weight is 341 g/mol. The lowest BCUT2D eigenvalue weighted by molar-refractivity contribution is 0.0178. The monoisotopic (exact) mass is 341 g/mol. The molecule has 0 aromatic carbocycles. The fraction of sp³-hybridized carbons (Fsp3) is 0.909. The van der Waals surface area contributed by atoms with Crippen LogP contribution in [-0.2, 0) is 4.74 Å². The van der Waals surface area contributed by atoms with Gasteiger partial charge < -0.3 is 16.2 Å². The minimum atomic E-state index is 0. The van der Waals surface area contributed by atoms with Crippen molar-refractivity contribution in [3.63, 3.8) is 0 Å². The molecule has 0 aliphatic heterocycles. The van der Waals surface area contributed by atoms with Crippen molar-refractivity contribution < 1.29 is 4.74 Å². The van der Waals surface area contributed by atoms with E-state index in [1.807, 2.05) is 6.92 Å². The van der Waals surface area contributed by atoms with E-state index in [0.29, 0.717) is 12.6 Å². The molecule has 0 saturated heterocycles. The SMILES string of the molecule is CCOC(CCN=C(N)N)C1CCCC1.I. The van der Waals surface area contributed by atoms with Gasteiger partial charge in [0.2, 0.25) is 0 Å². The van der Waals surface area contributed by atoms with Crippen molar-refractivity contribution in [2.75, 3.05) is 13.2 Å². The van der Waals surface area contributed by atoms with E-state index in [4.69, 9.17) is 16.2 Å². The highest BCUT2D eigenvalue weighted by atomic mass is 127. The van der Waals surface area contributed by atoms with Crippen molar-refractivity contribution in [3.05, 3.63) is 0 Å². The minimum absolute atomic E-state index is 0. The molecule has 1 rings (SSSR count). The molecule has 0 aromatic heterocycles. The molecule has 0 amide bonds. The van der Waals surface area contributed by atoms with E-state index in [2.05, 4.69) is 4.99 Å². The molecule has 1 atom stereocenters. The normalized spacial score (nSPS) is 17.8. The van der Waals surface area contributed by atoms with Crippen molar-refractivity contribution in [1.29, 1.82) is 0 Å². The average Bonchev–Trinajstić information content (AvgIpc) is 2.68. The first kappa shape index (κ1) is 16.0. The summed E-state index contributed by atoms with van der Waals surface area (Å²) >= 11 is 0. The summed E-state index contributed by atoms with van der Waals surface area (Å²) in [6, 6.07) is 0. The molecule has 4 nitrogen and oxygen atoms in total. The Morgan fingerprint density at radius 3 is 2.50 bits per heavy atom. The highest BCUT2D eigenvalue weighted by molar-refractivity contribution is 14.0. The van der Waals surface area contributed by atoms with Crippen LogP contribution in [0.4, 0.5) is 0 Å². The number of guanidine groups is 1. The Morgan fingerprint density at radius 1 is 1.38 bits per heavy atom. The Hall–Kier alpha value is -0.0400. The van der Waals surface area contributed by atoms with E-state index in [-0.39, 0.29) is 29.9 Å². The second kappa shape index (κ2) is 9.04. The zero-order valence-corrected chi connectivity index (χ0v) is 12.4. The van der Waals surface area contributed by atoms with E-state index < -0.39 is 0 Å². The molecule has 5 heteroatoms. The van der Waals surface area contributed by atoms with Crippen molar-refractivity contribution in [2.24, 2.45) is 22.4 Å². The Labute approximate surface area is 115 Å². The van der Waals surface area contributed by atoms with Gasteiger partial charge in [-0.3, -0.25) is 4.99 Å². The first-order chi connectivity index (χ1) is 7.24. The maximum atomic E-state index is 5.76. The van der Waals surface area contributed by atoms with Gasteiger partial charge in [-0.05, 0) is 32.1 Å². The van der Waals surface area contributed by atoms with Gasteiger partial charge in [-0.1, -0.05) is 12.8 Å². The molecule has 96 valence electrons. The van der Waals surface area contributed by atoms with Crippen molar-refractivity contribution in [2.45, 2.75) is 45.1 Å². The number of hydrogen-bond acceptors (Lipinski definition) is 2. The molecule has 1 fully saturated rings. The van der Waals surface area contributed by atoms with Crippen LogP contribution in [0.25, 0.3) is 0 Å². The van der Waals surface area contributed by atoms with Crippen molar-refractivity contribution in [1.82, 2.24) is 0 Å². The third kappa shape index (κ3) is 5.89. The number of nitrogens with zero attached hydrogens (tertiary/aromatic N) is 1. The summed E-state index contributed by atoms with van der Waals surface area (Å²) in [6.45, 7) is 3.51. The second-order valence-electron chi connectivity index (χ2n) is 4.13. The van der Waals surface area contributed by atoms with Crippen molar-refractivity contribution >= 4 is 29.9 Å². The largest absolute Gasteiger partial charge is 0.378 e. The second-order valence-corrected chi connectivity index (χ2v) is 4.13. The lowest BCUT2D eigenvalue weighted by Crippen LogP contribution is -2.26. The minimum Gasteiger partial charge on any atom is -0.378 e. The quantitative estimate of drug-likeness (QED) is 0.440. The molecule has 4 N–H and O–H groups in total. The molecule has 1 aliphatic carbocycles. The summed E-state index contributed by atoms with van der Waals surface area (Å²) in [5.41, 5.74) is 10.6. The molecule has 1 saturated carbocycles. The molecule has 0 heterocycles. The zero-order valence-electron chi connectivity index (χ0n) is 10.0. The van der Waals surface area contributed by atoms with Crippen LogP contribution in [0.5, 0.6) is 0 Å². The Bertz CT molecular complexity index is 201. The Morgan fingerprint density at radius 2 is 2.00 bits per heavy atom. The van der Waals surface area contributed by atoms with Crippen LogP contribution < -0.4 is 11.5 Å². The summed E-state index contributed by atoms with van der Waals surface area (Å²) in [7, 11) is 0. The van der Waals surface area contributed by atoms with E-state index in [1.54, 1.807) is 0 Å². The summed E-state index contributed by atoms with van der Waals surface area (Å²) < 4.78 is 5.76. The standard InChI is InChI=1S/C11H23N3O.HI/c1-2-15-10(7-8-14-11(12)13)9-5-3-4-6-9;/h9-10H,2-8H2,1H3,(H4,12,13,14);1H. The first-order valence-electron chi connectivity index (χ1n) is 5.91. The molecule has 1 aliphatic rings. The topological polar surface area (TPSA) is 73.6 Å². The summed E-state index contributed by atoms with van der Waals surface area (Å²) in [5.74, 6) is 0.899. The van der Waals surface area contributed by atoms with Gasteiger partial charge in [-0.2, -0.15) is 0 Å². The van der Waals surface area contributed by atoms with Crippen molar-refractivity contribution in [3.8, 4) is 0 Å². The number of rotatable bonds is 6. The van der Waals surface area contributed by atoms with Crippen LogP contribution in [-0.4, -0.2) is 25.2 Å². The van der Waals surface area contributed by atoms with Crippen LogP contribution in [0, 0.1) is 5.92 Å². The van der Waals surface area contributed by atoms with Gasteiger partial charge in [0.25, 0.3) is 0 Å². The number of nitrogens with two attached hydrogens (primary N) is 2. The Kier molecular flexibility index (Phi) is 9.02. The molecule has 16 heavy (non-hydrogen) atoms. The van der Waals surface area contributed by atoms with E-state index >= 15 is 0 Å². The lowest BCUT2D eigenvalue weighted by Gasteiger charge is -2.22. The predicted octanol–water partition coefficient (Wildman–Crippen LogP) is 1.86. The van der Waals surface area contributed by atoms with Crippen LogP contribution >= 0.6 is 24.0 Å². The van der Waals surface area contributed by atoms with Crippen LogP contribution in [0.1, 0.15) is 39.0 Å². The zero-order chi connectivity index (χ0) is 11.1. The predicted molar refractivity (Wildman–Crippen MR) is 78.1 cm³/mol. The van der Waals surface area contributed by atoms with E-state index in [0.717, 1.165) is 18.9 Å². The van der Waals surface area contributed by atoms with Gasteiger partial charge in [0.15, 0.2) is 5.96 Å². The van der Waals surface area contributed by atoms with Crippen LogP contribution in [0.15, 0.2) is 4.99 Å². The number of halogens is 1.